The van der Waals surface area contributed by atoms with Crippen molar-refractivity contribution >= 4 is 11.8 Å². The second-order valence-electron chi connectivity index (χ2n) is 0.612. The number of thioether (sulfide) groups is 1. The van der Waals surface area contributed by atoms with Gasteiger partial charge in [-0.2, -0.15) is 11.8 Å². The Hall–Kier alpha value is -0.160. The van der Waals surface area contributed by atoms with Crippen LogP contribution in [-0.2, 0) is 0 Å². The van der Waals surface area contributed by atoms with Crippen LogP contribution in [0, 0.1) is 11.8 Å². The Bertz CT molecular complexity index is 28.4. The SMILES string of the molecule is C#N.C1CS1. The Morgan fingerprint density at radius 2 is 1.60 bits per heavy atom. The van der Waals surface area contributed by atoms with Gasteiger partial charge in [-0.05, 0) is 0 Å². The molecule has 0 aromatic heterocycles. The Morgan fingerprint density at radius 1 is 1.40 bits per heavy atom. The van der Waals surface area contributed by atoms with Gasteiger partial charge in [0.05, 0.1) is 0 Å². The van der Waals surface area contributed by atoms with E-state index in [0.717, 1.165) is 0 Å². The molecule has 5 heavy (non-hydrogen) atoms. The summed E-state index contributed by atoms with van der Waals surface area (Å²) in [6, 6.07) is 0. The average molecular weight is 87.1 g/mol. The third-order valence-corrected chi connectivity index (χ3v) is 0.612. The predicted octanol–water partition coefficient (Wildman–Crippen LogP) is 0.873. The molecule has 0 aromatic carbocycles. The number of nitrogens with zero attached hydrogens (tertiary/aromatic N) is 1. The maximum absolute atomic E-state index is 6.50. The molecule has 1 fully saturated rings. The Kier molecular flexibility index (Phi) is 3.72. The summed E-state index contributed by atoms with van der Waals surface area (Å²) in [6.07, 6.45) is 0. The summed E-state index contributed by atoms with van der Waals surface area (Å²) in [4.78, 5) is 0. The molecular weight excluding hydrogens is 82.1 g/mol. The zero-order valence-corrected chi connectivity index (χ0v) is 3.66. The molecule has 0 N–H and O–H groups in total. The van der Waals surface area contributed by atoms with Crippen molar-refractivity contribution in [2.75, 3.05) is 11.5 Å². The van der Waals surface area contributed by atoms with Crippen molar-refractivity contribution in [3.05, 3.63) is 0 Å². The molecule has 0 aliphatic carbocycles. The molecule has 0 atom stereocenters. The van der Waals surface area contributed by atoms with Crippen LogP contribution in [0.4, 0.5) is 0 Å². The minimum Gasteiger partial charge on any atom is -0.202 e. The van der Waals surface area contributed by atoms with Crippen LogP contribution in [-0.4, -0.2) is 11.5 Å². The fourth-order valence-corrected chi connectivity index (χ4v) is 0. The topological polar surface area (TPSA) is 23.8 Å². The minimum absolute atomic E-state index is 1.42. The molecule has 1 heterocycles. The zero-order valence-electron chi connectivity index (χ0n) is 2.85. The van der Waals surface area contributed by atoms with Gasteiger partial charge < -0.3 is 0 Å². The molecule has 0 radical (unpaired) electrons. The van der Waals surface area contributed by atoms with Crippen LogP contribution in [0.15, 0.2) is 0 Å². The lowest BCUT2D eigenvalue weighted by Crippen LogP contribution is -1.20. The molecule has 1 nitrogen and oxygen atoms in total. The fraction of sp³-hybridized carbons (Fsp3) is 0.667. The van der Waals surface area contributed by atoms with E-state index >= 15 is 0 Å². The quantitative estimate of drug-likeness (QED) is 0.409. The Morgan fingerprint density at radius 3 is 1.60 bits per heavy atom. The van der Waals surface area contributed by atoms with E-state index in [4.69, 9.17) is 5.26 Å². The van der Waals surface area contributed by atoms with Crippen molar-refractivity contribution in [1.29, 1.82) is 5.26 Å². The molecule has 0 spiro atoms. The summed E-state index contributed by atoms with van der Waals surface area (Å²) in [7, 11) is 0. The molecule has 0 saturated carbocycles. The van der Waals surface area contributed by atoms with E-state index in [0.29, 0.717) is 0 Å². The standard InChI is InChI=1S/C2H4S.CHN/c1-2-3-1;1-2/h1-2H2;1H. The van der Waals surface area contributed by atoms with Crippen molar-refractivity contribution in [1.82, 2.24) is 0 Å². The van der Waals surface area contributed by atoms with E-state index in [1.165, 1.54) is 11.5 Å². The van der Waals surface area contributed by atoms with E-state index in [1.807, 2.05) is 11.8 Å². The molecular formula is C3H5NS. The summed E-state index contributed by atoms with van der Waals surface area (Å²) in [5.74, 6) is 2.83. The van der Waals surface area contributed by atoms with Crippen molar-refractivity contribution in [2.24, 2.45) is 0 Å². The second-order valence-corrected chi connectivity index (χ2v) is 1.84. The van der Waals surface area contributed by atoms with Gasteiger partial charge in [-0.15, -0.1) is 0 Å². The first kappa shape index (κ1) is 4.84. The highest BCUT2D eigenvalue weighted by Gasteiger charge is 1.95. The van der Waals surface area contributed by atoms with Gasteiger partial charge in [0.2, 0.25) is 0 Å². The molecule has 0 aromatic rings. The van der Waals surface area contributed by atoms with Crippen LogP contribution < -0.4 is 0 Å². The van der Waals surface area contributed by atoms with Gasteiger partial charge in [0.1, 0.15) is 0 Å². The minimum atomic E-state index is 1.42. The van der Waals surface area contributed by atoms with E-state index < -0.39 is 0 Å². The van der Waals surface area contributed by atoms with E-state index in [2.05, 4.69) is 6.57 Å². The van der Waals surface area contributed by atoms with Gasteiger partial charge in [0.25, 0.3) is 0 Å². The number of nitriles is 1. The second kappa shape index (κ2) is 3.84. The third kappa shape index (κ3) is 18.4. The first-order chi connectivity index (χ1) is 2.50. The molecule has 1 saturated heterocycles. The predicted molar refractivity (Wildman–Crippen MR) is 24.0 cm³/mol. The molecule has 0 unspecified atom stereocenters. The van der Waals surface area contributed by atoms with Crippen LogP contribution in [0.25, 0.3) is 0 Å². The maximum Gasteiger partial charge on any atom is 0.0462 e. The van der Waals surface area contributed by atoms with Gasteiger partial charge >= 0.3 is 0 Å². The fourth-order valence-electron chi connectivity index (χ4n) is 0. The van der Waals surface area contributed by atoms with Gasteiger partial charge in [-0.3, -0.25) is 0 Å². The molecule has 0 amide bonds. The van der Waals surface area contributed by atoms with Gasteiger partial charge in [0.15, 0.2) is 0 Å². The first-order valence-corrected chi connectivity index (χ1v) is 2.49. The van der Waals surface area contributed by atoms with Crippen LogP contribution in [0.1, 0.15) is 0 Å². The monoisotopic (exact) mass is 87.0 g/mol. The normalized spacial score (nSPS) is 14.8. The van der Waals surface area contributed by atoms with Gasteiger partial charge in [-0.25, -0.2) is 5.26 Å². The molecule has 1 rings (SSSR count). The first-order valence-electron chi connectivity index (χ1n) is 1.34. The van der Waals surface area contributed by atoms with Crippen LogP contribution in [0.3, 0.4) is 0 Å². The van der Waals surface area contributed by atoms with E-state index in [1.54, 1.807) is 0 Å². The highest BCUT2D eigenvalue weighted by Crippen LogP contribution is 2.14. The lowest BCUT2D eigenvalue weighted by Gasteiger charge is -1.11. The van der Waals surface area contributed by atoms with Gasteiger partial charge in [0, 0.05) is 18.1 Å². The summed E-state index contributed by atoms with van der Waals surface area (Å²) >= 11 is 2.00. The van der Waals surface area contributed by atoms with Crippen molar-refractivity contribution < 1.29 is 0 Å². The third-order valence-electron chi connectivity index (χ3n) is 0.204. The lowest BCUT2D eigenvalue weighted by atomic mass is 11.0. The smallest absolute Gasteiger partial charge is 0.0462 e. The number of rotatable bonds is 0. The largest absolute Gasteiger partial charge is 0.202 e. The number of hydrogen-bond donors (Lipinski definition) is 0. The molecule has 1 aliphatic heterocycles. The molecule has 2 heteroatoms. The van der Waals surface area contributed by atoms with Crippen LogP contribution in [0.5, 0.6) is 0 Å². The summed E-state index contributed by atoms with van der Waals surface area (Å²) in [6.45, 7) is 3.50. The lowest BCUT2D eigenvalue weighted by molar-refractivity contribution is 1.58. The van der Waals surface area contributed by atoms with Crippen molar-refractivity contribution in [2.45, 2.75) is 0 Å². The zero-order chi connectivity index (χ0) is 4.12. The van der Waals surface area contributed by atoms with Crippen LogP contribution >= 0.6 is 11.8 Å². The van der Waals surface area contributed by atoms with Gasteiger partial charge in [-0.1, -0.05) is 0 Å². The maximum atomic E-state index is 6.50. The van der Waals surface area contributed by atoms with Crippen LogP contribution in [0.2, 0.25) is 0 Å². The molecule has 0 bridgehead atoms. The number of hydrogen-bond acceptors (Lipinski definition) is 2. The Labute approximate surface area is 36.0 Å². The Balaban J connectivity index is 0.0000000733. The van der Waals surface area contributed by atoms with E-state index in [-0.39, 0.29) is 0 Å². The average Bonchev–Trinajstić information content (AvgIpc) is 2.19. The van der Waals surface area contributed by atoms with Crippen molar-refractivity contribution in [3.63, 3.8) is 0 Å². The molecule has 1 aliphatic rings. The highest BCUT2D eigenvalue weighted by molar-refractivity contribution is 8.06. The summed E-state index contributed by atoms with van der Waals surface area (Å²) in [5, 5.41) is 6.50. The van der Waals surface area contributed by atoms with E-state index in [9.17, 15) is 0 Å². The van der Waals surface area contributed by atoms with Crippen molar-refractivity contribution in [3.8, 4) is 6.57 Å². The summed E-state index contributed by atoms with van der Waals surface area (Å²) < 4.78 is 0. The summed E-state index contributed by atoms with van der Waals surface area (Å²) in [5.41, 5.74) is 0. The highest BCUT2D eigenvalue weighted by atomic mass is 32.2. The molecule has 28 valence electrons.